The van der Waals surface area contributed by atoms with E-state index in [9.17, 15) is 21.6 Å². The van der Waals surface area contributed by atoms with Gasteiger partial charge in [0.05, 0.1) is 35.6 Å². The van der Waals surface area contributed by atoms with E-state index < -0.39 is 44.9 Å². The molecule has 0 spiro atoms. The van der Waals surface area contributed by atoms with E-state index in [1.54, 1.807) is 79.7 Å². The SMILES string of the molecule is CCOC(=O)C=C(N(CC#Cc1ccccc1)S(=O)(=O)c1ccc(C)cc1)N(CC#Cc1ccccc1)S(=O)(=O)c1ccc(C)cc1. The summed E-state index contributed by atoms with van der Waals surface area (Å²) in [6.07, 6.45) is 0.857. The van der Waals surface area contributed by atoms with E-state index >= 15 is 0 Å². The Kier molecular flexibility index (Phi) is 11.6. The zero-order chi connectivity index (χ0) is 33.9. The maximum Gasteiger partial charge on any atom is 0.334 e. The number of carbonyl (C=O) groups is 1. The molecule has 0 fully saturated rings. The van der Waals surface area contributed by atoms with Crippen molar-refractivity contribution in [1.29, 1.82) is 0 Å². The van der Waals surface area contributed by atoms with E-state index in [1.165, 1.54) is 24.3 Å². The molecule has 0 heterocycles. The lowest BCUT2D eigenvalue weighted by molar-refractivity contribution is -0.137. The van der Waals surface area contributed by atoms with Crippen LogP contribution in [-0.2, 0) is 29.6 Å². The average Bonchev–Trinajstić information content (AvgIpc) is 3.06. The summed E-state index contributed by atoms with van der Waals surface area (Å²) in [6.45, 7) is 4.19. The predicted octanol–water partition coefficient (Wildman–Crippen LogP) is 5.49. The Balaban J connectivity index is 1.96. The van der Waals surface area contributed by atoms with Gasteiger partial charge in [-0.2, -0.15) is 0 Å². The summed E-state index contributed by atoms with van der Waals surface area (Å²) in [4.78, 5) is 12.8. The largest absolute Gasteiger partial charge is 0.463 e. The Bertz CT molecular complexity index is 1910. The van der Waals surface area contributed by atoms with E-state index in [4.69, 9.17) is 4.74 Å². The minimum Gasteiger partial charge on any atom is -0.463 e. The van der Waals surface area contributed by atoms with Crippen LogP contribution in [-0.4, -0.2) is 51.1 Å². The molecule has 8 nitrogen and oxygen atoms in total. The number of hydrogen-bond donors (Lipinski definition) is 0. The first-order valence-corrected chi connectivity index (χ1v) is 17.6. The number of rotatable bonds is 10. The van der Waals surface area contributed by atoms with Crippen molar-refractivity contribution in [3.8, 4) is 23.7 Å². The lowest BCUT2D eigenvalue weighted by Crippen LogP contribution is -2.43. The van der Waals surface area contributed by atoms with Crippen LogP contribution in [0.25, 0.3) is 0 Å². The third-order valence-electron chi connectivity index (χ3n) is 6.72. The van der Waals surface area contributed by atoms with E-state index in [2.05, 4.69) is 23.7 Å². The lowest BCUT2D eigenvalue weighted by atomic mass is 10.2. The number of nitrogens with zero attached hydrogens (tertiary/aromatic N) is 2. The predicted molar refractivity (Wildman–Crippen MR) is 181 cm³/mol. The van der Waals surface area contributed by atoms with Crippen molar-refractivity contribution in [2.75, 3.05) is 19.7 Å². The molecule has 0 atom stereocenters. The number of benzene rings is 4. The molecule has 0 aromatic heterocycles. The highest BCUT2D eigenvalue weighted by molar-refractivity contribution is 7.90. The van der Waals surface area contributed by atoms with Crippen molar-refractivity contribution in [3.05, 3.63) is 143 Å². The fourth-order valence-corrected chi connectivity index (χ4v) is 7.07. The third-order valence-corrected chi connectivity index (χ3v) is 10.2. The number of esters is 1. The van der Waals surface area contributed by atoms with Crippen LogP contribution in [0.2, 0.25) is 0 Å². The van der Waals surface area contributed by atoms with Crippen LogP contribution in [0.4, 0.5) is 0 Å². The van der Waals surface area contributed by atoms with E-state index in [0.717, 1.165) is 25.8 Å². The molecule has 4 rings (SSSR count). The van der Waals surface area contributed by atoms with Gasteiger partial charge >= 0.3 is 5.97 Å². The fraction of sp³-hybridized carbons (Fsp3) is 0.162. The minimum absolute atomic E-state index is 0.0281. The standard InChI is InChI=1S/C37H34N2O6S2/c1-4-45-37(40)29-36(38(27-11-17-32-13-7-5-8-14-32)46(41,42)34-23-19-30(2)20-24-34)39(28-12-18-33-15-9-6-10-16-33)47(43,44)35-25-21-31(3)22-26-35/h5-10,13-16,19-26,29H,4,27-28H2,1-3H3. The van der Waals surface area contributed by atoms with E-state index in [1.807, 2.05) is 26.0 Å². The Morgan fingerprint density at radius 2 is 1.02 bits per heavy atom. The molecule has 0 radical (unpaired) electrons. The number of hydrogen-bond acceptors (Lipinski definition) is 6. The van der Waals surface area contributed by atoms with Gasteiger partial charge in [0, 0.05) is 11.1 Å². The number of sulfonamides is 2. The van der Waals surface area contributed by atoms with Crippen molar-refractivity contribution in [2.45, 2.75) is 30.6 Å². The smallest absolute Gasteiger partial charge is 0.334 e. The van der Waals surface area contributed by atoms with Crippen molar-refractivity contribution in [2.24, 2.45) is 0 Å². The Hall–Kier alpha value is -5.29. The van der Waals surface area contributed by atoms with Gasteiger partial charge < -0.3 is 4.74 Å². The van der Waals surface area contributed by atoms with Gasteiger partial charge in [-0.3, -0.25) is 0 Å². The minimum atomic E-state index is -4.50. The molecule has 4 aromatic rings. The van der Waals surface area contributed by atoms with Crippen LogP contribution in [0.15, 0.2) is 131 Å². The molecular formula is C37H34N2O6S2. The quantitative estimate of drug-likeness (QED) is 0.126. The maximum absolute atomic E-state index is 14.4. The monoisotopic (exact) mass is 666 g/mol. The van der Waals surface area contributed by atoms with E-state index in [-0.39, 0.29) is 16.4 Å². The summed E-state index contributed by atoms with van der Waals surface area (Å²) in [6, 6.07) is 30.0. The van der Waals surface area contributed by atoms with Gasteiger partial charge in [-0.05, 0) is 69.3 Å². The highest BCUT2D eigenvalue weighted by Gasteiger charge is 2.36. The van der Waals surface area contributed by atoms with Crippen LogP contribution in [0, 0.1) is 37.5 Å². The molecule has 10 heteroatoms. The van der Waals surface area contributed by atoms with Gasteiger partial charge in [0.15, 0.2) is 0 Å². The molecule has 0 unspecified atom stereocenters. The highest BCUT2D eigenvalue weighted by atomic mass is 32.2. The first-order chi connectivity index (χ1) is 22.5. The lowest BCUT2D eigenvalue weighted by Gasteiger charge is -2.32. The normalized spacial score (nSPS) is 10.8. The van der Waals surface area contributed by atoms with Crippen molar-refractivity contribution < 1.29 is 26.4 Å². The average molecular weight is 667 g/mol. The molecule has 240 valence electrons. The maximum atomic E-state index is 14.4. The Morgan fingerprint density at radius 3 is 1.38 bits per heavy atom. The second-order valence-electron chi connectivity index (χ2n) is 10.2. The summed E-state index contributed by atoms with van der Waals surface area (Å²) in [5, 5.41) is 0. The fourth-order valence-electron chi connectivity index (χ4n) is 4.28. The number of aryl methyl sites for hydroxylation is 2. The van der Waals surface area contributed by atoms with Crippen LogP contribution in [0.5, 0.6) is 0 Å². The molecule has 0 aliphatic carbocycles. The number of carbonyl (C=O) groups excluding carboxylic acids is 1. The van der Waals surface area contributed by atoms with Crippen molar-refractivity contribution in [1.82, 2.24) is 8.61 Å². The van der Waals surface area contributed by atoms with E-state index in [0.29, 0.717) is 11.1 Å². The van der Waals surface area contributed by atoms with Gasteiger partial charge in [0.25, 0.3) is 20.0 Å². The van der Waals surface area contributed by atoms with Gasteiger partial charge in [-0.25, -0.2) is 30.2 Å². The molecule has 0 aliphatic rings. The molecule has 0 amide bonds. The van der Waals surface area contributed by atoms with Crippen LogP contribution >= 0.6 is 0 Å². The molecule has 47 heavy (non-hydrogen) atoms. The summed E-state index contributed by atoms with van der Waals surface area (Å²) in [5.41, 5.74) is 2.88. The molecular weight excluding hydrogens is 633 g/mol. The molecule has 0 bridgehead atoms. The topological polar surface area (TPSA) is 101 Å². The zero-order valence-corrected chi connectivity index (χ0v) is 27.9. The molecule has 0 N–H and O–H groups in total. The highest BCUT2D eigenvalue weighted by Crippen LogP contribution is 2.28. The Labute approximate surface area is 277 Å². The summed E-state index contributed by atoms with van der Waals surface area (Å²) >= 11 is 0. The van der Waals surface area contributed by atoms with Gasteiger partial charge in [0.2, 0.25) is 0 Å². The molecule has 0 saturated carbocycles. The van der Waals surface area contributed by atoms with Gasteiger partial charge in [-0.1, -0.05) is 95.5 Å². The van der Waals surface area contributed by atoms with Crippen molar-refractivity contribution >= 4 is 26.0 Å². The molecule has 0 saturated heterocycles. The number of ether oxygens (including phenoxy) is 1. The molecule has 4 aromatic carbocycles. The second kappa shape index (κ2) is 15.8. The zero-order valence-electron chi connectivity index (χ0n) is 26.3. The summed E-state index contributed by atoms with van der Waals surface area (Å²) in [5.74, 6) is 10.1. The van der Waals surface area contributed by atoms with Gasteiger partial charge in [0.1, 0.15) is 5.82 Å². The summed E-state index contributed by atoms with van der Waals surface area (Å²) in [7, 11) is -9.01. The summed E-state index contributed by atoms with van der Waals surface area (Å²) < 4.78 is 64.3. The molecule has 0 aliphatic heterocycles. The Morgan fingerprint density at radius 1 is 0.638 bits per heavy atom. The van der Waals surface area contributed by atoms with Crippen LogP contribution in [0.3, 0.4) is 0 Å². The second-order valence-corrected chi connectivity index (χ2v) is 14.0. The van der Waals surface area contributed by atoms with Crippen LogP contribution < -0.4 is 0 Å². The third kappa shape index (κ3) is 9.14. The van der Waals surface area contributed by atoms with Crippen LogP contribution in [0.1, 0.15) is 29.2 Å². The first-order valence-electron chi connectivity index (χ1n) is 14.7. The van der Waals surface area contributed by atoms with Gasteiger partial charge in [-0.15, -0.1) is 0 Å². The van der Waals surface area contributed by atoms with Crippen molar-refractivity contribution in [3.63, 3.8) is 0 Å². The first kappa shape index (κ1) is 34.6.